The summed E-state index contributed by atoms with van der Waals surface area (Å²) in [5, 5.41) is 4.47. The highest BCUT2D eigenvalue weighted by atomic mass is 16.3. The molecule has 3 nitrogen and oxygen atoms in total. The van der Waals surface area contributed by atoms with Gasteiger partial charge in [0.05, 0.1) is 0 Å². The summed E-state index contributed by atoms with van der Waals surface area (Å²) in [6.07, 6.45) is 0. The standard InChI is InChI=1S/C51H34N2O/c1-4-12-35(13-5-1)37-20-27-42(28-21-37)53(43-29-22-38(23-30-43)36-14-6-2-7-15-36)44-31-24-39(25-32-44)41-26-33-46-45-18-10-11-19-47(45)50-49(48(46)34-41)52-51(54-50)40-16-8-3-9-17-40/h1-34H. The third-order valence-corrected chi connectivity index (χ3v) is 10.3. The fourth-order valence-electron chi connectivity index (χ4n) is 7.58. The first-order valence-electron chi connectivity index (χ1n) is 18.3. The lowest BCUT2D eigenvalue weighted by Crippen LogP contribution is -2.09. The predicted octanol–water partition coefficient (Wildman–Crippen LogP) is 14.3. The Bertz CT molecular complexity index is 2800. The van der Waals surface area contributed by atoms with E-state index in [2.05, 4.69) is 181 Å². The Kier molecular flexibility index (Phi) is 7.81. The second-order valence-electron chi connectivity index (χ2n) is 13.6. The Morgan fingerprint density at radius 2 is 0.704 bits per heavy atom. The van der Waals surface area contributed by atoms with Gasteiger partial charge in [-0.05, 0) is 98.8 Å². The van der Waals surface area contributed by atoms with Gasteiger partial charge in [0.2, 0.25) is 5.89 Å². The van der Waals surface area contributed by atoms with E-state index >= 15 is 0 Å². The van der Waals surface area contributed by atoms with Gasteiger partial charge in [-0.25, -0.2) is 4.98 Å². The summed E-state index contributed by atoms with van der Waals surface area (Å²) in [4.78, 5) is 7.40. The van der Waals surface area contributed by atoms with Crippen molar-refractivity contribution in [1.29, 1.82) is 0 Å². The summed E-state index contributed by atoms with van der Waals surface area (Å²) in [5.74, 6) is 0.631. The highest BCUT2D eigenvalue weighted by Gasteiger charge is 2.18. The average molecular weight is 691 g/mol. The Balaban J connectivity index is 1.05. The minimum Gasteiger partial charge on any atom is -0.435 e. The van der Waals surface area contributed by atoms with Crippen molar-refractivity contribution in [2.45, 2.75) is 0 Å². The van der Waals surface area contributed by atoms with Crippen molar-refractivity contribution >= 4 is 49.7 Å². The van der Waals surface area contributed by atoms with Crippen molar-refractivity contribution in [1.82, 2.24) is 4.98 Å². The summed E-state index contributed by atoms with van der Waals surface area (Å²) in [5.41, 5.74) is 13.0. The van der Waals surface area contributed by atoms with Gasteiger partial charge in [-0.2, -0.15) is 0 Å². The lowest BCUT2D eigenvalue weighted by atomic mass is 9.96. The molecule has 0 N–H and O–H groups in total. The Labute approximate surface area is 314 Å². The molecule has 10 aromatic rings. The van der Waals surface area contributed by atoms with E-state index in [1.165, 1.54) is 22.3 Å². The van der Waals surface area contributed by atoms with Crippen LogP contribution in [0.4, 0.5) is 17.1 Å². The van der Waals surface area contributed by atoms with E-state index in [-0.39, 0.29) is 0 Å². The highest BCUT2D eigenvalue weighted by molar-refractivity contribution is 6.23. The molecule has 0 atom stereocenters. The molecule has 1 heterocycles. The number of benzene rings is 9. The molecule has 0 amide bonds. The maximum atomic E-state index is 6.50. The van der Waals surface area contributed by atoms with Gasteiger partial charge in [-0.15, -0.1) is 0 Å². The van der Waals surface area contributed by atoms with Crippen LogP contribution in [0.3, 0.4) is 0 Å². The van der Waals surface area contributed by atoms with Crippen molar-refractivity contribution in [2.24, 2.45) is 0 Å². The molecule has 0 unspecified atom stereocenters. The minimum atomic E-state index is 0.631. The number of fused-ring (bicyclic) bond motifs is 6. The number of aromatic nitrogens is 1. The monoisotopic (exact) mass is 690 g/mol. The lowest BCUT2D eigenvalue weighted by molar-refractivity contribution is 0.623. The molecule has 0 saturated heterocycles. The van der Waals surface area contributed by atoms with Gasteiger partial charge in [-0.3, -0.25) is 0 Å². The van der Waals surface area contributed by atoms with Crippen LogP contribution in [0.5, 0.6) is 0 Å². The molecule has 254 valence electrons. The molecule has 0 bridgehead atoms. The van der Waals surface area contributed by atoms with Gasteiger partial charge >= 0.3 is 0 Å². The zero-order chi connectivity index (χ0) is 35.8. The van der Waals surface area contributed by atoms with Gasteiger partial charge in [0, 0.05) is 33.4 Å². The number of anilines is 3. The minimum absolute atomic E-state index is 0.631. The molecular weight excluding hydrogens is 657 g/mol. The van der Waals surface area contributed by atoms with Crippen LogP contribution in [0.25, 0.3) is 77.5 Å². The van der Waals surface area contributed by atoms with Gasteiger partial charge < -0.3 is 9.32 Å². The van der Waals surface area contributed by atoms with E-state index in [0.29, 0.717) is 5.89 Å². The Hall–Kier alpha value is -7.23. The first kappa shape index (κ1) is 31.5. The maximum absolute atomic E-state index is 6.50. The van der Waals surface area contributed by atoms with E-state index in [1.54, 1.807) is 0 Å². The van der Waals surface area contributed by atoms with Crippen molar-refractivity contribution in [3.05, 3.63) is 206 Å². The van der Waals surface area contributed by atoms with Crippen molar-refractivity contribution in [2.75, 3.05) is 4.90 Å². The molecule has 1 aromatic heterocycles. The largest absolute Gasteiger partial charge is 0.435 e. The molecule has 0 aliphatic heterocycles. The van der Waals surface area contributed by atoms with E-state index in [9.17, 15) is 0 Å². The first-order chi connectivity index (χ1) is 26.8. The second-order valence-corrected chi connectivity index (χ2v) is 13.6. The first-order valence-corrected chi connectivity index (χ1v) is 18.3. The van der Waals surface area contributed by atoms with E-state index in [1.807, 2.05) is 30.3 Å². The van der Waals surface area contributed by atoms with Crippen LogP contribution in [0.15, 0.2) is 211 Å². The number of hydrogen-bond acceptors (Lipinski definition) is 3. The second kappa shape index (κ2) is 13.4. The zero-order valence-corrected chi connectivity index (χ0v) is 29.4. The van der Waals surface area contributed by atoms with Crippen LogP contribution in [-0.2, 0) is 0 Å². The Morgan fingerprint density at radius 1 is 0.315 bits per heavy atom. The van der Waals surface area contributed by atoms with Crippen LogP contribution in [0.2, 0.25) is 0 Å². The van der Waals surface area contributed by atoms with E-state index in [4.69, 9.17) is 9.40 Å². The summed E-state index contributed by atoms with van der Waals surface area (Å²) >= 11 is 0. The maximum Gasteiger partial charge on any atom is 0.227 e. The fraction of sp³-hybridized carbons (Fsp3) is 0. The van der Waals surface area contributed by atoms with Crippen molar-refractivity contribution in [3.8, 4) is 44.8 Å². The number of nitrogens with zero attached hydrogens (tertiary/aromatic N) is 2. The molecule has 0 saturated carbocycles. The number of hydrogen-bond donors (Lipinski definition) is 0. The molecule has 10 rings (SSSR count). The average Bonchev–Trinajstić information content (AvgIpc) is 3.72. The van der Waals surface area contributed by atoms with Crippen LogP contribution in [0, 0.1) is 0 Å². The summed E-state index contributed by atoms with van der Waals surface area (Å²) in [6.45, 7) is 0. The Morgan fingerprint density at radius 3 is 1.22 bits per heavy atom. The van der Waals surface area contributed by atoms with E-state index < -0.39 is 0 Å². The quantitative estimate of drug-likeness (QED) is 0.156. The molecule has 9 aromatic carbocycles. The third kappa shape index (κ3) is 5.69. The third-order valence-electron chi connectivity index (χ3n) is 10.3. The lowest BCUT2D eigenvalue weighted by Gasteiger charge is -2.26. The van der Waals surface area contributed by atoms with Crippen molar-refractivity contribution < 1.29 is 4.42 Å². The zero-order valence-electron chi connectivity index (χ0n) is 29.4. The van der Waals surface area contributed by atoms with Crippen molar-refractivity contribution in [3.63, 3.8) is 0 Å². The summed E-state index contributed by atoms with van der Waals surface area (Å²) in [6, 6.07) is 72.9. The molecule has 0 radical (unpaired) electrons. The van der Waals surface area contributed by atoms with Gasteiger partial charge in [-0.1, -0.05) is 152 Å². The smallest absolute Gasteiger partial charge is 0.227 e. The number of rotatable bonds is 7. The summed E-state index contributed by atoms with van der Waals surface area (Å²) < 4.78 is 6.50. The molecule has 54 heavy (non-hydrogen) atoms. The van der Waals surface area contributed by atoms with Crippen LogP contribution < -0.4 is 4.90 Å². The highest BCUT2D eigenvalue weighted by Crippen LogP contribution is 2.41. The summed E-state index contributed by atoms with van der Waals surface area (Å²) in [7, 11) is 0. The molecule has 3 heteroatoms. The van der Waals surface area contributed by atoms with Gasteiger partial charge in [0.1, 0.15) is 5.52 Å². The molecular formula is C51H34N2O. The van der Waals surface area contributed by atoms with Gasteiger partial charge in [0.25, 0.3) is 0 Å². The number of oxazole rings is 1. The molecule has 0 aliphatic carbocycles. The van der Waals surface area contributed by atoms with Crippen LogP contribution in [-0.4, -0.2) is 4.98 Å². The SMILES string of the molecule is c1ccc(-c2ccc(N(c3ccc(-c4ccccc4)cc3)c3ccc(-c4ccc5c6ccccc6c6oc(-c7ccccc7)nc6c5c4)cc3)cc2)cc1. The molecule has 0 aliphatic rings. The fourth-order valence-corrected chi connectivity index (χ4v) is 7.58. The van der Waals surface area contributed by atoms with Crippen LogP contribution >= 0.6 is 0 Å². The van der Waals surface area contributed by atoms with Crippen LogP contribution in [0.1, 0.15) is 0 Å². The predicted molar refractivity (Wildman–Crippen MR) is 225 cm³/mol. The van der Waals surface area contributed by atoms with Gasteiger partial charge in [0.15, 0.2) is 5.58 Å². The molecule has 0 fully saturated rings. The topological polar surface area (TPSA) is 29.3 Å². The van der Waals surface area contributed by atoms with E-state index in [0.717, 1.165) is 66.4 Å². The molecule has 0 spiro atoms. The normalized spacial score (nSPS) is 11.3.